The summed E-state index contributed by atoms with van der Waals surface area (Å²) in [6.07, 6.45) is 0. The zero-order chi connectivity index (χ0) is 18.0. The molecule has 0 aliphatic rings. The first kappa shape index (κ1) is 14.6. The molecule has 2 heteroatoms. The quantitative estimate of drug-likeness (QED) is 0.313. The molecule has 0 saturated carbocycles. The molecule has 0 spiro atoms. The average molecular weight is 347 g/mol. The molecule has 6 aromatic rings. The number of aryl methyl sites for hydroxylation is 1. The summed E-state index contributed by atoms with van der Waals surface area (Å²) in [6.45, 7) is 2.12. The van der Waals surface area contributed by atoms with Crippen LogP contribution in [0.4, 0.5) is 0 Å². The Bertz CT molecular complexity index is 1470. The minimum Gasteiger partial charge on any atom is -0.456 e. The number of hydrogen-bond acceptors (Lipinski definition) is 1. The van der Waals surface area contributed by atoms with Crippen LogP contribution in [0.25, 0.3) is 49.4 Å². The van der Waals surface area contributed by atoms with E-state index in [0.29, 0.717) is 0 Å². The molecule has 0 unspecified atom stereocenters. The van der Waals surface area contributed by atoms with E-state index in [1.165, 1.54) is 38.4 Å². The third kappa shape index (κ3) is 1.95. The van der Waals surface area contributed by atoms with Gasteiger partial charge in [0.05, 0.1) is 16.4 Å². The van der Waals surface area contributed by atoms with Crippen molar-refractivity contribution in [3.63, 3.8) is 0 Å². The summed E-state index contributed by atoms with van der Waals surface area (Å²) in [6, 6.07) is 29.9. The van der Waals surface area contributed by atoms with Crippen LogP contribution in [-0.2, 0) is 0 Å². The Hall–Kier alpha value is -3.52. The van der Waals surface area contributed by atoms with Gasteiger partial charge in [-0.15, -0.1) is 0 Å². The number of fused-ring (bicyclic) bond motifs is 7. The molecular weight excluding hydrogens is 330 g/mol. The van der Waals surface area contributed by atoms with Gasteiger partial charge in [-0.2, -0.15) is 0 Å². The first-order valence-corrected chi connectivity index (χ1v) is 9.22. The van der Waals surface area contributed by atoms with Gasteiger partial charge in [0.15, 0.2) is 0 Å². The van der Waals surface area contributed by atoms with Gasteiger partial charge in [-0.05, 0) is 43.3 Å². The molecule has 2 aromatic heterocycles. The maximum Gasteiger partial charge on any atom is 0.137 e. The summed E-state index contributed by atoms with van der Waals surface area (Å²) >= 11 is 0. The van der Waals surface area contributed by atoms with E-state index in [9.17, 15) is 0 Å². The fourth-order valence-electron chi connectivity index (χ4n) is 4.23. The lowest BCUT2D eigenvalue weighted by molar-refractivity contribution is 0.669. The molecule has 0 radical (unpaired) electrons. The number of benzene rings is 4. The smallest absolute Gasteiger partial charge is 0.137 e. The van der Waals surface area contributed by atoms with Crippen LogP contribution in [0.5, 0.6) is 0 Å². The topological polar surface area (TPSA) is 18.1 Å². The summed E-state index contributed by atoms with van der Waals surface area (Å²) in [5, 5.41) is 4.86. The van der Waals surface area contributed by atoms with Crippen LogP contribution < -0.4 is 0 Å². The van der Waals surface area contributed by atoms with Crippen LogP contribution in [0, 0.1) is 6.92 Å². The van der Waals surface area contributed by atoms with Gasteiger partial charge in [0.2, 0.25) is 0 Å². The molecule has 6 rings (SSSR count). The number of hydrogen-bond donors (Lipinski definition) is 0. The lowest BCUT2D eigenvalue weighted by atomic mass is 10.1. The molecule has 128 valence electrons. The van der Waals surface area contributed by atoms with E-state index < -0.39 is 0 Å². The zero-order valence-electron chi connectivity index (χ0n) is 14.9. The maximum absolute atomic E-state index is 6.15. The highest BCUT2D eigenvalue weighted by molar-refractivity contribution is 6.24. The van der Waals surface area contributed by atoms with Crippen molar-refractivity contribution in [3.05, 3.63) is 90.5 Å². The van der Waals surface area contributed by atoms with Crippen LogP contribution in [-0.4, -0.2) is 4.57 Å². The molecule has 2 heterocycles. The first-order chi connectivity index (χ1) is 13.3. The van der Waals surface area contributed by atoms with Crippen molar-refractivity contribution in [3.8, 4) is 5.69 Å². The SMILES string of the molecule is Cc1ccc(-n2c3ccccc3c3ccc4oc5ccccc5c4c32)cc1. The van der Waals surface area contributed by atoms with Crippen molar-refractivity contribution in [1.82, 2.24) is 4.57 Å². The predicted octanol–water partition coefficient (Wildman–Crippen LogP) is 6.99. The molecule has 2 nitrogen and oxygen atoms in total. The summed E-state index contributed by atoms with van der Waals surface area (Å²) in [5.41, 5.74) is 6.72. The third-order valence-corrected chi connectivity index (χ3v) is 5.47. The van der Waals surface area contributed by atoms with Crippen LogP contribution in [0.15, 0.2) is 89.3 Å². The van der Waals surface area contributed by atoms with Crippen LogP contribution >= 0.6 is 0 Å². The van der Waals surface area contributed by atoms with Gasteiger partial charge >= 0.3 is 0 Å². The average Bonchev–Trinajstić information content (AvgIpc) is 3.24. The molecular formula is C25H17NO. The van der Waals surface area contributed by atoms with Crippen molar-refractivity contribution >= 4 is 43.7 Å². The van der Waals surface area contributed by atoms with E-state index in [0.717, 1.165) is 16.6 Å². The van der Waals surface area contributed by atoms with Gasteiger partial charge in [-0.3, -0.25) is 0 Å². The summed E-state index contributed by atoms with van der Waals surface area (Å²) in [5.74, 6) is 0. The van der Waals surface area contributed by atoms with Gasteiger partial charge in [0.1, 0.15) is 11.2 Å². The van der Waals surface area contributed by atoms with Crippen LogP contribution in [0.3, 0.4) is 0 Å². The Kier molecular flexibility index (Phi) is 2.84. The summed E-state index contributed by atoms with van der Waals surface area (Å²) < 4.78 is 8.52. The third-order valence-electron chi connectivity index (χ3n) is 5.47. The molecule has 0 atom stereocenters. The van der Waals surface area contributed by atoms with Crippen LogP contribution in [0.2, 0.25) is 0 Å². The van der Waals surface area contributed by atoms with Crippen molar-refractivity contribution in [2.45, 2.75) is 6.92 Å². The van der Waals surface area contributed by atoms with Gasteiger partial charge < -0.3 is 8.98 Å². The molecule has 0 aliphatic heterocycles. The van der Waals surface area contributed by atoms with Gasteiger partial charge in [-0.1, -0.05) is 54.1 Å². The van der Waals surface area contributed by atoms with E-state index in [2.05, 4.69) is 84.3 Å². The largest absolute Gasteiger partial charge is 0.456 e. The van der Waals surface area contributed by atoms with Gasteiger partial charge in [0.25, 0.3) is 0 Å². The van der Waals surface area contributed by atoms with Gasteiger partial charge in [-0.25, -0.2) is 0 Å². The minimum atomic E-state index is 0.930. The van der Waals surface area contributed by atoms with Crippen molar-refractivity contribution in [1.29, 1.82) is 0 Å². The Morgan fingerprint density at radius 1 is 0.630 bits per heavy atom. The highest BCUT2D eigenvalue weighted by Crippen LogP contribution is 2.40. The first-order valence-electron chi connectivity index (χ1n) is 9.22. The Morgan fingerprint density at radius 3 is 2.22 bits per heavy atom. The molecule has 0 amide bonds. The van der Waals surface area contributed by atoms with E-state index in [4.69, 9.17) is 4.42 Å². The zero-order valence-corrected chi connectivity index (χ0v) is 14.9. The second-order valence-electron chi connectivity index (χ2n) is 7.12. The molecule has 0 fully saturated rings. The lowest BCUT2D eigenvalue weighted by Gasteiger charge is -2.09. The molecule has 0 N–H and O–H groups in total. The lowest BCUT2D eigenvalue weighted by Crippen LogP contribution is -1.94. The summed E-state index contributed by atoms with van der Waals surface area (Å²) in [7, 11) is 0. The number of nitrogens with zero attached hydrogens (tertiary/aromatic N) is 1. The molecule has 4 aromatic carbocycles. The van der Waals surface area contributed by atoms with E-state index >= 15 is 0 Å². The predicted molar refractivity (Wildman–Crippen MR) is 113 cm³/mol. The number of para-hydroxylation sites is 2. The van der Waals surface area contributed by atoms with E-state index in [1.54, 1.807) is 0 Å². The highest BCUT2D eigenvalue weighted by atomic mass is 16.3. The van der Waals surface area contributed by atoms with E-state index in [-0.39, 0.29) is 0 Å². The molecule has 27 heavy (non-hydrogen) atoms. The Morgan fingerprint density at radius 2 is 1.37 bits per heavy atom. The highest BCUT2D eigenvalue weighted by Gasteiger charge is 2.18. The van der Waals surface area contributed by atoms with Gasteiger partial charge in [0, 0.05) is 21.8 Å². The second kappa shape index (κ2) is 5.24. The molecule has 0 saturated heterocycles. The van der Waals surface area contributed by atoms with Crippen molar-refractivity contribution < 1.29 is 4.42 Å². The normalized spacial score (nSPS) is 11.9. The fourth-order valence-corrected chi connectivity index (χ4v) is 4.23. The Balaban J connectivity index is 1.92. The monoisotopic (exact) mass is 347 g/mol. The van der Waals surface area contributed by atoms with E-state index in [1.807, 2.05) is 12.1 Å². The summed E-state index contributed by atoms with van der Waals surface area (Å²) in [4.78, 5) is 0. The number of aromatic nitrogens is 1. The standard InChI is InChI=1S/C25H17NO/c1-16-10-12-17(13-11-16)26-21-8-4-2-6-18(21)19-14-15-23-24(25(19)26)20-7-3-5-9-22(20)27-23/h2-15H,1H3. The minimum absolute atomic E-state index is 0.930. The van der Waals surface area contributed by atoms with Crippen molar-refractivity contribution in [2.75, 3.05) is 0 Å². The van der Waals surface area contributed by atoms with Crippen molar-refractivity contribution in [2.24, 2.45) is 0 Å². The van der Waals surface area contributed by atoms with Crippen LogP contribution in [0.1, 0.15) is 5.56 Å². The Labute approximate surface area is 156 Å². The maximum atomic E-state index is 6.15. The fraction of sp³-hybridized carbons (Fsp3) is 0.0400. The number of rotatable bonds is 1. The molecule has 0 aliphatic carbocycles. The molecule has 0 bridgehead atoms. The number of furan rings is 1. The second-order valence-corrected chi connectivity index (χ2v) is 7.12.